The van der Waals surface area contributed by atoms with Crippen LogP contribution in [0.25, 0.3) is 0 Å². The highest BCUT2D eigenvalue weighted by Gasteiger charge is 2.43. The summed E-state index contributed by atoms with van der Waals surface area (Å²) in [7, 11) is 0. The molecule has 0 amide bonds. The number of carbonyl (C=O) groups is 1. The minimum Gasteiger partial charge on any atom is -0.319 e. The Balaban J connectivity index is 2.10. The number of nitrogens with two attached hydrogens (primary N) is 1. The van der Waals surface area contributed by atoms with Crippen LogP contribution in [0.2, 0.25) is 0 Å². The van der Waals surface area contributed by atoms with Gasteiger partial charge in [-0.05, 0) is 56.2 Å². The topological polar surface area (TPSA) is 43.1 Å². The summed E-state index contributed by atoms with van der Waals surface area (Å²) in [5.41, 5.74) is 9.08. The molecule has 92 valence electrons. The summed E-state index contributed by atoms with van der Waals surface area (Å²) in [6.45, 7) is 6.04. The van der Waals surface area contributed by atoms with Crippen LogP contribution in [0.5, 0.6) is 0 Å². The lowest BCUT2D eigenvalue weighted by molar-refractivity contribution is -0.123. The van der Waals surface area contributed by atoms with E-state index in [0.29, 0.717) is 12.3 Å². The normalized spacial score (nSPS) is 18.8. The Bertz CT molecular complexity index is 444. The number of rotatable bonds is 4. The molecule has 0 aromatic heterocycles. The van der Waals surface area contributed by atoms with Crippen molar-refractivity contribution in [2.45, 2.75) is 45.6 Å². The minimum atomic E-state index is -0.626. The van der Waals surface area contributed by atoms with Gasteiger partial charge in [-0.25, -0.2) is 0 Å². The second-order valence-corrected chi connectivity index (χ2v) is 5.58. The van der Waals surface area contributed by atoms with Crippen LogP contribution in [0, 0.1) is 19.8 Å². The highest BCUT2D eigenvalue weighted by molar-refractivity contribution is 5.90. The van der Waals surface area contributed by atoms with Gasteiger partial charge in [0.2, 0.25) is 0 Å². The lowest BCUT2D eigenvalue weighted by atomic mass is 9.87. The van der Waals surface area contributed by atoms with Crippen LogP contribution in [0.15, 0.2) is 18.2 Å². The van der Waals surface area contributed by atoms with Gasteiger partial charge in [0, 0.05) is 6.42 Å². The van der Waals surface area contributed by atoms with Crippen LogP contribution >= 0.6 is 0 Å². The molecule has 0 saturated heterocycles. The molecule has 1 aliphatic carbocycles. The zero-order valence-corrected chi connectivity index (χ0v) is 10.9. The first-order valence-corrected chi connectivity index (χ1v) is 6.29. The van der Waals surface area contributed by atoms with E-state index in [9.17, 15) is 4.79 Å². The number of Topliss-reactive ketones (excluding diaryl/α,β-unsaturated/α-hetero) is 1. The Morgan fingerprint density at radius 3 is 2.53 bits per heavy atom. The number of carbonyl (C=O) groups excluding carboxylic acids is 1. The van der Waals surface area contributed by atoms with Gasteiger partial charge in [0.05, 0.1) is 5.54 Å². The van der Waals surface area contributed by atoms with E-state index in [1.165, 1.54) is 11.1 Å². The molecule has 0 aliphatic heterocycles. The van der Waals surface area contributed by atoms with Crippen molar-refractivity contribution < 1.29 is 4.79 Å². The monoisotopic (exact) mass is 231 g/mol. The number of hydrogen-bond acceptors (Lipinski definition) is 2. The number of ketones is 1. The molecule has 2 heteroatoms. The Kier molecular flexibility index (Phi) is 3.09. The predicted molar refractivity (Wildman–Crippen MR) is 69.9 cm³/mol. The second-order valence-electron chi connectivity index (χ2n) is 5.58. The molecular weight excluding hydrogens is 210 g/mol. The third kappa shape index (κ3) is 2.58. The summed E-state index contributed by atoms with van der Waals surface area (Å²) in [6, 6.07) is 6.20. The van der Waals surface area contributed by atoms with Crippen molar-refractivity contribution in [1.82, 2.24) is 0 Å². The number of aryl methyl sites for hydroxylation is 2. The summed E-state index contributed by atoms with van der Waals surface area (Å²) in [4.78, 5) is 12.2. The average Bonchev–Trinajstić information content (AvgIpc) is 3.07. The van der Waals surface area contributed by atoms with Crippen molar-refractivity contribution in [1.29, 1.82) is 0 Å². The molecule has 2 nitrogen and oxygen atoms in total. The maximum atomic E-state index is 12.2. The van der Waals surface area contributed by atoms with E-state index in [1.54, 1.807) is 0 Å². The molecule has 1 fully saturated rings. The van der Waals surface area contributed by atoms with Crippen LogP contribution in [-0.4, -0.2) is 11.3 Å². The fourth-order valence-electron chi connectivity index (χ4n) is 2.20. The van der Waals surface area contributed by atoms with Crippen LogP contribution in [0.4, 0.5) is 0 Å². The molecule has 2 rings (SSSR count). The van der Waals surface area contributed by atoms with Crippen molar-refractivity contribution in [3.8, 4) is 0 Å². The maximum Gasteiger partial charge on any atom is 0.156 e. The molecule has 2 N–H and O–H groups in total. The molecule has 1 saturated carbocycles. The summed E-state index contributed by atoms with van der Waals surface area (Å²) < 4.78 is 0. The van der Waals surface area contributed by atoms with Gasteiger partial charge in [0.25, 0.3) is 0 Å². The molecule has 1 aliphatic rings. The zero-order valence-electron chi connectivity index (χ0n) is 10.9. The van der Waals surface area contributed by atoms with E-state index in [0.717, 1.165) is 18.4 Å². The first-order chi connectivity index (χ1) is 7.91. The van der Waals surface area contributed by atoms with E-state index < -0.39 is 5.54 Å². The van der Waals surface area contributed by atoms with Gasteiger partial charge in [0.1, 0.15) is 0 Å². The lowest BCUT2D eigenvalue weighted by Gasteiger charge is -2.22. The van der Waals surface area contributed by atoms with Crippen LogP contribution < -0.4 is 5.73 Å². The zero-order chi connectivity index (χ0) is 12.6. The average molecular weight is 231 g/mol. The highest BCUT2D eigenvalue weighted by atomic mass is 16.1. The summed E-state index contributed by atoms with van der Waals surface area (Å²) >= 11 is 0. The Morgan fingerprint density at radius 1 is 1.35 bits per heavy atom. The van der Waals surface area contributed by atoms with Crippen LogP contribution in [-0.2, 0) is 11.2 Å². The van der Waals surface area contributed by atoms with Crippen molar-refractivity contribution in [3.63, 3.8) is 0 Å². The van der Waals surface area contributed by atoms with Crippen molar-refractivity contribution in [2.75, 3.05) is 0 Å². The molecular formula is C15H21NO. The van der Waals surface area contributed by atoms with Gasteiger partial charge in [0.15, 0.2) is 5.78 Å². The SMILES string of the molecule is Cc1ccc(CC(=O)C(C)(N)C2CC2)cc1C. The fourth-order valence-corrected chi connectivity index (χ4v) is 2.20. The largest absolute Gasteiger partial charge is 0.319 e. The lowest BCUT2D eigenvalue weighted by Crippen LogP contribution is -2.47. The van der Waals surface area contributed by atoms with E-state index in [2.05, 4.69) is 26.0 Å². The van der Waals surface area contributed by atoms with Crippen molar-refractivity contribution in [3.05, 3.63) is 34.9 Å². The third-order valence-corrected chi connectivity index (χ3v) is 3.96. The Morgan fingerprint density at radius 2 is 2.00 bits per heavy atom. The maximum absolute atomic E-state index is 12.2. The van der Waals surface area contributed by atoms with Crippen molar-refractivity contribution in [2.24, 2.45) is 11.7 Å². The van der Waals surface area contributed by atoms with E-state index in [1.807, 2.05) is 13.0 Å². The summed E-state index contributed by atoms with van der Waals surface area (Å²) in [5, 5.41) is 0. The smallest absolute Gasteiger partial charge is 0.156 e. The highest BCUT2D eigenvalue weighted by Crippen LogP contribution is 2.38. The summed E-state index contributed by atoms with van der Waals surface area (Å²) in [6.07, 6.45) is 2.67. The Hall–Kier alpha value is -1.15. The molecule has 1 aromatic carbocycles. The van der Waals surface area contributed by atoms with Gasteiger partial charge < -0.3 is 5.73 Å². The number of benzene rings is 1. The molecule has 17 heavy (non-hydrogen) atoms. The second kappa shape index (κ2) is 4.26. The quantitative estimate of drug-likeness (QED) is 0.865. The third-order valence-electron chi connectivity index (χ3n) is 3.96. The fraction of sp³-hybridized carbons (Fsp3) is 0.533. The van der Waals surface area contributed by atoms with Gasteiger partial charge in [-0.3, -0.25) is 4.79 Å². The van der Waals surface area contributed by atoms with Gasteiger partial charge in [-0.2, -0.15) is 0 Å². The molecule has 0 spiro atoms. The molecule has 1 unspecified atom stereocenters. The van der Waals surface area contributed by atoms with Crippen LogP contribution in [0.3, 0.4) is 0 Å². The number of hydrogen-bond donors (Lipinski definition) is 1. The molecule has 1 atom stereocenters. The van der Waals surface area contributed by atoms with E-state index in [4.69, 9.17) is 5.73 Å². The van der Waals surface area contributed by atoms with Crippen molar-refractivity contribution >= 4 is 5.78 Å². The molecule has 1 aromatic rings. The first-order valence-electron chi connectivity index (χ1n) is 6.29. The predicted octanol–water partition coefficient (Wildman–Crippen LogP) is 2.54. The molecule has 0 radical (unpaired) electrons. The van der Waals surface area contributed by atoms with Gasteiger partial charge in [-0.1, -0.05) is 18.2 Å². The van der Waals surface area contributed by atoms with E-state index in [-0.39, 0.29) is 5.78 Å². The molecule has 0 heterocycles. The Labute approximate surface area is 103 Å². The standard InChI is InChI=1S/C15H21NO/c1-10-4-5-12(8-11(10)2)9-14(17)15(3,16)13-6-7-13/h4-5,8,13H,6-7,9,16H2,1-3H3. The van der Waals surface area contributed by atoms with Crippen LogP contribution in [0.1, 0.15) is 36.5 Å². The van der Waals surface area contributed by atoms with Gasteiger partial charge >= 0.3 is 0 Å². The first kappa shape index (κ1) is 12.3. The van der Waals surface area contributed by atoms with Gasteiger partial charge in [-0.15, -0.1) is 0 Å². The molecule has 0 bridgehead atoms. The summed E-state index contributed by atoms with van der Waals surface area (Å²) in [5.74, 6) is 0.574. The minimum absolute atomic E-state index is 0.170. The van der Waals surface area contributed by atoms with E-state index >= 15 is 0 Å².